The molecule has 25 heavy (non-hydrogen) atoms. The molecule has 1 aromatic heterocycles. The molecular formula is C16H12F3IN4O. The van der Waals surface area contributed by atoms with Crippen molar-refractivity contribution in [1.29, 1.82) is 0 Å². The van der Waals surface area contributed by atoms with E-state index in [1.54, 1.807) is 19.1 Å². The van der Waals surface area contributed by atoms with Gasteiger partial charge in [-0.05, 0) is 59.3 Å². The van der Waals surface area contributed by atoms with Crippen molar-refractivity contribution in [2.24, 2.45) is 7.05 Å². The van der Waals surface area contributed by atoms with Crippen LogP contribution < -0.4 is 5.32 Å². The van der Waals surface area contributed by atoms with Gasteiger partial charge in [-0.3, -0.25) is 0 Å². The van der Waals surface area contributed by atoms with Crippen molar-refractivity contribution >= 4 is 34.0 Å². The number of aromatic hydroxyl groups is 1. The quantitative estimate of drug-likeness (QED) is 0.453. The molecule has 0 amide bonds. The molecule has 2 aromatic carbocycles. The Bertz CT molecular complexity index is 974. The summed E-state index contributed by atoms with van der Waals surface area (Å²) in [4.78, 5) is 0. The summed E-state index contributed by atoms with van der Waals surface area (Å²) in [6, 6.07) is 6.10. The fraction of sp³-hybridized carbons (Fsp3) is 0.125. The lowest BCUT2D eigenvalue weighted by Crippen LogP contribution is -2.03. The fourth-order valence-corrected chi connectivity index (χ4v) is 2.98. The molecule has 0 fully saturated rings. The number of nitrogens with zero attached hydrogens (tertiary/aromatic N) is 3. The van der Waals surface area contributed by atoms with E-state index in [0.717, 1.165) is 19.9 Å². The Morgan fingerprint density at radius 2 is 1.88 bits per heavy atom. The van der Waals surface area contributed by atoms with E-state index in [2.05, 4.69) is 38.2 Å². The van der Waals surface area contributed by atoms with Gasteiger partial charge in [0.2, 0.25) is 5.88 Å². The molecule has 0 aliphatic rings. The molecule has 0 unspecified atom stereocenters. The Morgan fingerprint density at radius 3 is 2.48 bits per heavy atom. The highest BCUT2D eigenvalue weighted by Crippen LogP contribution is 2.38. The van der Waals surface area contributed by atoms with E-state index in [1.165, 1.54) is 7.05 Å². The van der Waals surface area contributed by atoms with E-state index in [0.29, 0.717) is 5.69 Å². The van der Waals surface area contributed by atoms with Gasteiger partial charge in [-0.2, -0.15) is 0 Å². The number of aromatic nitrogens is 3. The van der Waals surface area contributed by atoms with E-state index in [1.807, 2.05) is 6.07 Å². The van der Waals surface area contributed by atoms with E-state index >= 15 is 0 Å². The zero-order valence-electron chi connectivity index (χ0n) is 13.1. The minimum atomic E-state index is -1.61. The Balaban J connectivity index is 2.20. The summed E-state index contributed by atoms with van der Waals surface area (Å²) in [6.45, 7) is 1.79. The summed E-state index contributed by atoms with van der Waals surface area (Å²) in [5.41, 5.74) is 0.658. The number of halogens is 4. The summed E-state index contributed by atoms with van der Waals surface area (Å²) >= 11 is 2.13. The van der Waals surface area contributed by atoms with Gasteiger partial charge in [0.15, 0.2) is 23.1 Å². The molecule has 3 rings (SSSR count). The predicted molar refractivity (Wildman–Crippen MR) is 95.2 cm³/mol. The van der Waals surface area contributed by atoms with Gasteiger partial charge >= 0.3 is 0 Å². The topological polar surface area (TPSA) is 63.0 Å². The molecule has 0 spiro atoms. The Kier molecular flexibility index (Phi) is 4.58. The normalized spacial score (nSPS) is 11.0. The summed E-state index contributed by atoms with van der Waals surface area (Å²) in [5.74, 6) is -4.80. The third kappa shape index (κ3) is 3.15. The van der Waals surface area contributed by atoms with E-state index in [9.17, 15) is 18.3 Å². The first kappa shape index (κ1) is 17.5. The minimum absolute atomic E-state index is 0.139. The first-order chi connectivity index (χ1) is 11.8. The van der Waals surface area contributed by atoms with Crippen molar-refractivity contribution in [3.8, 4) is 17.1 Å². The second kappa shape index (κ2) is 6.54. The first-order valence-electron chi connectivity index (χ1n) is 7.09. The van der Waals surface area contributed by atoms with Crippen LogP contribution in [0.1, 0.15) is 5.56 Å². The number of rotatable bonds is 3. The molecule has 9 heteroatoms. The van der Waals surface area contributed by atoms with Gasteiger partial charge in [-0.15, -0.1) is 5.10 Å². The Hall–Kier alpha value is -2.30. The smallest absolute Gasteiger partial charge is 0.238 e. The van der Waals surface area contributed by atoms with Crippen LogP contribution in [-0.4, -0.2) is 20.1 Å². The molecule has 0 atom stereocenters. The second-order valence-electron chi connectivity index (χ2n) is 5.38. The molecule has 5 nitrogen and oxygen atoms in total. The average Bonchev–Trinajstić information content (AvgIpc) is 2.89. The highest BCUT2D eigenvalue weighted by Gasteiger charge is 2.24. The average molecular weight is 460 g/mol. The summed E-state index contributed by atoms with van der Waals surface area (Å²) in [7, 11) is 1.42. The van der Waals surface area contributed by atoms with E-state index in [4.69, 9.17) is 0 Å². The highest BCUT2D eigenvalue weighted by molar-refractivity contribution is 14.1. The monoisotopic (exact) mass is 460 g/mol. The maximum absolute atomic E-state index is 14.4. The number of hydrogen-bond acceptors (Lipinski definition) is 4. The van der Waals surface area contributed by atoms with E-state index < -0.39 is 23.3 Å². The van der Waals surface area contributed by atoms with Crippen LogP contribution >= 0.6 is 22.6 Å². The van der Waals surface area contributed by atoms with Gasteiger partial charge in [0, 0.05) is 21.9 Å². The van der Waals surface area contributed by atoms with Gasteiger partial charge in [0.1, 0.15) is 0 Å². The van der Waals surface area contributed by atoms with Crippen molar-refractivity contribution in [2.45, 2.75) is 6.92 Å². The van der Waals surface area contributed by atoms with Crippen molar-refractivity contribution in [3.05, 3.63) is 50.9 Å². The highest BCUT2D eigenvalue weighted by atomic mass is 127. The SMILES string of the molecule is Cc1cc(I)ccc1Nc1c(-c2nnn(C)c2O)cc(F)c(F)c1F. The van der Waals surface area contributed by atoms with Crippen LogP contribution in [0.4, 0.5) is 24.5 Å². The molecule has 0 bridgehead atoms. The zero-order chi connectivity index (χ0) is 18.3. The minimum Gasteiger partial charge on any atom is -0.492 e. The summed E-state index contributed by atoms with van der Waals surface area (Å²) < 4.78 is 43.9. The van der Waals surface area contributed by atoms with Crippen LogP contribution in [-0.2, 0) is 7.05 Å². The lowest BCUT2D eigenvalue weighted by atomic mass is 10.1. The zero-order valence-corrected chi connectivity index (χ0v) is 15.3. The fourth-order valence-electron chi connectivity index (χ4n) is 2.33. The maximum Gasteiger partial charge on any atom is 0.238 e. The van der Waals surface area contributed by atoms with Gasteiger partial charge < -0.3 is 10.4 Å². The van der Waals surface area contributed by atoms with Gasteiger partial charge in [-0.1, -0.05) is 5.21 Å². The standard InChI is InChI=1S/C16H12F3IN4O/c1-7-5-8(20)3-4-11(7)21-14-9(6-10(17)12(18)13(14)19)15-16(25)24(2)23-22-15/h3-6,21,25H,1-2H3. The van der Waals surface area contributed by atoms with Crippen molar-refractivity contribution in [3.63, 3.8) is 0 Å². The third-order valence-corrected chi connectivity index (χ3v) is 4.33. The van der Waals surface area contributed by atoms with Gasteiger partial charge in [0.05, 0.1) is 5.69 Å². The van der Waals surface area contributed by atoms with Crippen LogP contribution in [0.15, 0.2) is 24.3 Å². The van der Waals surface area contributed by atoms with E-state index in [-0.39, 0.29) is 16.9 Å². The third-order valence-electron chi connectivity index (χ3n) is 3.66. The molecule has 3 aromatic rings. The lowest BCUT2D eigenvalue weighted by Gasteiger charge is -2.15. The van der Waals surface area contributed by atoms with Crippen molar-refractivity contribution in [1.82, 2.24) is 15.0 Å². The Morgan fingerprint density at radius 1 is 1.16 bits per heavy atom. The maximum atomic E-state index is 14.4. The Labute approximate surface area is 154 Å². The number of hydrogen-bond donors (Lipinski definition) is 2. The molecule has 0 aliphatic carbocycles. The van der Waals surface area contributed by atoms with Gasteiger partial charge in [-0.25, -0.2) is 17.9 Å². The predicted octanol–water partition coefficient (Wildman–Crippen LogP) is 4.26. The molecule has 2 N–H and O–H groups in total. The number of benzene rings is 2. The molecule has 130 valence electrons. The van der Waals surface area contributed by atoms with Crippen LogP contribution in [0.2, 0.25) is 0 Å². The molecule has 0 radical (unpaired) electrons. The van der Waals surface area contributed by atoms with Crippen LogP contribution in [0.5, 0.6) is 5.88 Å². The van der Waals surface area contributed by atoms with Crippen molar-refractivity contribution < 1.29 is 18.3 Å². The van der Waals surface area contributed by atoms with Crippen LogP contribution in [0, 0.1) is 27.9 Å². The molecule has 0 aliphatic heterocycles. The number of aryl methyl sites for hydroxylation is 2. The molecule has 0 saturated heterocycles. The van der Waals surface area contributed by atoms with Crippen LogP contribution in [0.25, 0.3) is 11.3 Å². The second-order valence-corrected chi connectivity index (χ2v) is 6.62. The summed E-state index contributed by atoms with van der Waals surface area (Å²) in [6.07, 6.45) is 0. The van der Waals surface area contributed by atoms with Gasteiger partial charge in [0.25, 0.3) is 0 Å². The number of anilines is 2. The number of nitrogens with one attached hydrogen (secondary N) is 1. The molecule has 0 saturated carbocycles. The summed E-state index contributed by atoms with van der Waals surface area (Å²) in [5, 5.41) is 20.1. The molecule has 1 heterocycles. The van der Waals surface area contributed by atoms with Crippen molar-refractivity contribution in [2.75, 3.05) is 5.32 Å². The largest absolute Gasteiger partial charge is 0.492 e. The lowest BCUT2D eigenvalue weighted by molar-refractivity contribution is 0.419. The van der Waals surface area contributed by atoms with Crippen LogP contribution in [0.3, 0.4) is 0 Å². The molecular weight excluding hydrogens is 448 g/mol. The first-order valence-corrected chi connectivity index (χ1v) is 8.17.